The van der Waals surface area contributed by atoms with Gasteiger partial charge in [0.1, 0.15) is 0 Å². The molecular weight excluding hydrogens is 335 g/mol. The Kier molecular flexibility index (Phi) is 5.70. The van der Waals surface area contributed by atoms with Gasteiger partial charge >= 0.3 is 6.18 Å². The minimum Gasteiger partial charge on any atom is -0.263 e. The summed E-state index contributed by atoms with van der Waals surface area (Å²) in [7, 11) is 0. The maximum Gasteiger partial charge on any atom is 0.418 e. The molecule has 0 aliphatic rings. The van der Waals surface area contributed by atoms with Crippen LogP contribution in [0.4, 0.5) is 13.2 Å². The fourth-order valence-corrected chi connectivity index (χ4v) is 2.95. The number of allylic oxidation sites excluding steroid dienone is 1. The third-order valence-corrected chi connectivity index (χ3v) is 4.31. The lowest BCUT2D eigenvalue weighted by Crippen LogP contribution is -2.08. The van der Waals surface area contributed by atoms with Crippen molar-refractivity contribution in [3.8, 4) is 11.1 Å². The smallest absolute Gasteiger partial charge is 0.263 e. The molecule has 1 aromatic carbocycles. The summed E-state index contributed by atoms with van der Waals surface area (Å²) in [5.74, 6) is 0.302. The summed E-state index contributed by atoms with van der Waals surface area (Å²) in [6.45, 7) is 7.82. The van der Waals surface area contributed by atoms with Gasteiger partial charge in [0, 0.05) is 18.0 Å². The second-order valence-corrected chi connectivity index (χ2v) is 6.20. The molecule has 1 unspecified atom stereocenters. The Morgan fingerprint density at radius 2 is 1.96 bits per heavy atom. The Morgan fingerprint density at radius 1 is 1.25 bits per heavy atom. The van der Waals surface area contributed by atoms with E-state index in [-0.39, 0.29) is 10.6 Å². The molecule has 0 radical (unpaired) electrons. The van der Waals surface area contributed by atoms with Crippen LogP contribution in [0.3, 0.4) is 0 Å². The van der Waals surface area contributed by atoms with E-state index in [4.69, 9.17) is 11.6 Å². The van der Waals surface area contributed by atoms with Crippen LogP contribution in [0.25, 0.3) is 11.1 Å². The molecule has 1 nitrogen and oxygen atoms in total. The van der Waals surface area contributed by atoms with Crippen molar-refractivity contribution in [1.82, 2.24) is 4.98 Å². The van der Waals surface area contributed by atoms with Gasteiger partial charge in [-0.05, 0) is 35.4 Å². The zero-order chi connectivity index (χ0) is 17.9. The zero-order valence-electron chi connectivity index (χ0n) is 13.6. The highest BCUT2D eigenvalue weighted by molar-refractivity contribution is 6.33. The van der Waals surface area contributed by atoms with Gasteiger partial charge in [0.05, 0.1) is 10.6 Å². The van der Waals surface area contributed by atoms with Crippen molar-refractivity contribution >= 4 is 11.6 Å². The van der Waals surface area contributed by atoms with Crippen molar-refractivity contribution in [2.75, 3.05) is 0 Å². The number of aryl methyl sites for hydroxylation is 1. The summed E-state index contributed by atoms with van der Waals surface area (Å²) >= 11 is 6.04. The minimum atomic E-state index is -4.50. The van der Waals surface area contributed by atoms with Gasteiger partial charge in [-0.2, -0.15) is 13.2 Å². The number of benzene rings is 1. The third-order valence-electron chi connectivity index (χ3n) is 4.03. The van der Waals surface area contributed by atoms with Gasteiger partial charge in [-0.15, -0.1) is 6.58 Å². The van der Waals surface area contributed by atoms with E-state index in [1.807, 2.05) is 19.1 Å². The molecule has 2 rings (SSSR count). The second-order valence-electron chi connectivity index (χ2n) is 5.80. The Hall–Kier alpha value is -1.81. The van der Waals surface area contributed by atoms with Crippen LogP contribution in [0.5, 0.6) is 0 Å². The van der Waals surface area contributed by atoms with Crippen molar-refractivity contribution in [3.63, 3.8) is 0 Å². The second kappa shape index (κ2) is 7.39. The number of alkyl halides is 3. The average molecular weight is 354 g/mol. The van der Waals surface area contributed by atoms with E-state index in [1.54, 1.807) is 12.1 Å². The standard InChI is InChI=1S/C19H19ClF3N/c1-4-12(3)8-14-6-7-15(9-13(14)5-2)18-16(19(21,22)23)10-24-11-17(18)20/h4,6-7,9-12H,1,5,8H2,2-3H3. The molecule has 0 spiro atoms. The summed E-state index contributed by atoms with van der Waals surface area (Å²) in [6, 6.07) is 5.37. The minimum absolute atomic E-state index is 0.000845. The lowest BCUT2D eigenvalue weighted by molar-refractivity contribution is -0.137. The molecule has 1 aromatic heterocycles. The Bertz CT molecular complexity index is 738. The lowest BCUT2D eigenvalue weighted by atomic mass is 9.91. The molecule has 0 aliphatic carbocycles. The average Bonchev–Trinajstić information content (AvgIpc) is 2.54. The highest BCUT2D eigenvalue weighted by atomic mass is 35.5. The molecule has 1 heterocycles. The molecule has 0 fully saturated rings. The fourth-order valence-electron chi connectivity index (χ4n) is 2.68. The topological polar surface area (TPSA) is 12.9 Å². The third kappa shape index (κ3) is 3.99. The van der Waals surface area contributed by atoms with Gasteiger partial charge in [-0.3, -0.25) is 4.98 Å². The van der Waals surface area contributed by atoms with Crippen LogP contribution in [0.1, 0.15) is 30.5 Å². The molecule has 1 atom stereocenters. The number of halogens is 4. The summed E-state index contributed by atoms with van der Waals surface area (Å²) in [4.78, 5) is 3.58. The number of pyridine rings is 1. The zero-order valence-corrected chi connectivity index (χ0v) is 14.4. The fraction of sp³-hybridized carbons (Fsp3) is 0.316. The van der Waals surface area contributed by atoms with Gasteiger partial charge in [0.25, 0.3) is 0 Å². The maximum absolute atomic E-state index is 13.3. The molecule has 5 heteroatoms. The van der Waals surface area contributed by atoms with E-state index in [2.05, 4.69) is 18.5 Å². The van der Waals surface area contributed by atoms with Crippen LogP contribution >= 0.6 is 11.6 Å². The van der Waals surface area contributed by atoms with Gasteiger partial charge in [0.15, 0.2) is 0 Å². The molecule has 0 bridgehead atoms. The van der Waals surface area contributed by atoms with Crippen LogP contribution in [-0.4, -0.2) is 4.98 Å². The van der Waals surface area contributed by atoms with Crippen LogP contribution in [0.15, 0.2) is 43.2 Å². The normalized spacial score (nSPS) is 12.9. The maximum atomic E-state index is 13.3. The Balaban J connectivity index is 2.57. The van der Waals surface area contributed by atoms with E-state index >= 15 is 0 Å². The van der Waals surface area contributed by atoms with Crippen molar-refractivity contribution in [3.05, 3.63) is 65.0 Å². The Morgan fingerprint density at radius 3 is 2.54 bits per heavy atom. The Labute approximate surface area is 145 Å². The van der Waals surface area contributed by atoms with Crippen molar-refractivity contribution in [2.45, 2.75) is 32.9 Å². The highest BCUT2D eigenvalue weighted by Crippen LogP contribution is 2.40. The van der Waals surface area contributed by atoms with Crippen LogP contribution < -0.4 is 0 Å². The first-order valence-electron chi connectivity index (χ1n) is 7.73. The summed E-state index contributed by atoms with van der Waals surface area (Å²) in [5, 5.41) is -0.000845. The largest absolute Gasteiger partial charge is 0.418 e. The first-order valence-corrected chi connectivity index (χ1v) is 8.11. The SMILES string of the molecule is C=CC(C)Cc1ccc(-c2c(Cl)cncc2C(F)(F)F)cc1CC. The summed E-state index contributed by atoms with van der Waals surface area (Å²) in [6.07, 6.45) is 0.969. The summed E-state index contributed by atoms with van der Waals surface area (Å²) < 4.78 is 39.9. The van der Waals surface area contributed by atoms with Crippen molar-refractivity contribution < 1.29 is 13.2 Å². The van der Waals surface area contributed by atoms with Crippen LogP contribution in [0, 0.1) is 5.92 Å². The van der Waals surface area contributed by atoms with E-state index in [9.17, 15) is 13.2 Å². The predicted octanol–water partition coefficient (Wildman–Crippen LogP) is 6.35. The van der Waals surface area contributed by atoms with Crippen molar-refractivity contribution in [1.29, 1.82) is 0 Å². The molecule has 24 heavy (non-hydrogen) atoms. The lowest BCUT2D eigenvalue weighted by Gasteiger charge is -2.17. The van der Waals surface area contributed by atoms with E-state index < -0.39 is 11.7 Å². The van der Waals surface area contributed by atoms with E-state index in [0.717, 1.165) is 30.2 Å². The number of rotatable bonds is 5. The summed E-state index contributed by atoms with van der Waals surface area (Å²) in [5.41, 5.74) is 1.76. The van der Waals surface area contributed by atoms with Gasteiger partial charge in [-0.25, -0.2) is 0 Å². The van der Waals surface area contributed by atoms with E-state index in [1.165, 1.54) is 6.20 Å². The molecule has 0 saturated heterocycles. The number of hydrogen-bond donors (Lipinski definition) is 0. The molecule has 0 N–H and O–H groups in total. The van der Waals surface area contributed by atoms with Gasteiger partial charge in [-0.1, -0.05) is 49.7 Å². The van der Waals surface area contributed by atoms with Crippen LogP contribution in [-0.2, 0) is 19.0 Å². The molecule has 2 aromatic rings. The first-order chi connectivity index (χ1) is 11.3. The van der Waals surface area contributed by atoms with E-state index in [0.29, 0.717) is 11.5 Å². The number of hydrogen-bond acceptors (Lipinski definition) is 1. The predicted molar refractivity (Wildman–Crippen MR) is 92.1 cm³/mol. The molecule has 128 valence electrons. The molecule has 0 aliphatic heterocycles. The van der Waals surface area contributed by atoms with Gasteiger partial charge < -0.3 is 0 Å². The quantitative estimate of drug-likeness (QED) is 0.571. The van der Waals surface area contributed by atoms with Crippen molar-refractivity contribution in [2.24, 2.45) is 5.92 Å². The number of nitrogens with zero attached hydrogens (tertiary/aromatic N) is 1. The molecule has 0 amide bonds. The molecule has 0 saturated carbocycles. The molecular formula is C19H19ClF3N. The number of aromatic nitrogens is 1. The highest BCUT2D eigenvalue weighted by Gasteiger charge is 2.35. The first kappa shape index (κ1) is 18.5. The van der Waals surface area contributed by atoms with Crippen LogP contribution in [0.2, 0.25) is 5.02 Å². The monoisotopic (exact) mass is 353 g/mol. The van der Waals surface area contributed by atoms with Gasteiger partial charge in [0.2, 0.25) is 0 Å².